The number of rotatable bonds is 5. The van der Waals surface area contributed by atoms with Crippen LogP contribution in [0.2, 0.25) is 0 Å². The van der Waals surface area contributed by atoms with Gasteiger partial charge in [0.15, 0.2) is 0 Å². The Hall–Kier alpha value is -2.59. The molecule has 2 aromatic heterocycles. The fourth-order valence-electron chi connectivity index (χ4n) is 1.37. The van der Waals surface area contributed by atoms with E-state index in [4.69, 9.17) is 4.55 Å². The highest BCUT2D eigenvalue weighted by Crippen LogP contribution is 2.14. The summed E-state index contributed by atoms with van der Waals surface area (Å²) in [7, 11) is -4.40. The smallest absolute Gasteiger partial charge is 0.341 e. The maximum absolute atomic E-state index is 11.0. The summed E-state index contributed by atoms with van der Waals surface area (Å²) >= 11 is 0. The Kier molecular flexibility index (Phi) is 7.21. The number of hydrogen-bond donors (Lipinski definition) is 1. The Balaban J connectivity index is 0.000000254. The lowest BCUT2D eigenvalue weighted by Gasteiger charge is -1.95. The molecule has 0 aliphatic carbocycles. The molecule has 0 saturated heterocycles. The summed E-state index contributed by atoms with van der Waals surface area (Å²) in [5.74, 6) is -1.04. The minimum absolute atomic E-state index is 0.0560. The number of furan rings is 2. The molecule has 0 aliphatic heterocycles. The van der Waals surface area contributed by atoms with Crippen molar-refractivity contribution in [3.8, 4) is 0 Å². The van der Waals surface area contributed by atoms with Gasteiger partial charge < -0.3 is 18.3 Å². The third kappa shape index (κ3) is 5.89. The van der Waals surface area contributed by atoms with Gasteiger partial charge in [-0.15, -0.1) is 0 Å². The molecule has 0 bridgehead atoms. The number of carbonyl (C=O) groups is 2. The first-order chi connectivity index (χ1) is 11.3. The molecule has 132 valence electrons. The van der Waals surface area contributed by atoms with Crippen molar-refractivity contribution in [3.63, 3.8) is 0 Å². The first kappa shape index (κ1) is 19.5. The van der Waals surface area contributed by atoms with Gasteiger partial charge in [0.2, 0.25) is 5.09 Å². The van der Waals surface area contributed by atoms with Crippen molar-refractivity contribution in [2.75, 3.05) is 13.2 Å². The zero-order valence-electron chi connectivity index (χ0n) is 12.9. The normalized spacial score (nSPS) is 10.5. The monoisotopic (exact) mass is 360 g/mol. The molecule has 0 spiro atoms. The van der Waals surface area contributed by atoms with Crippen LogP contribution < -0.4 is 0 Å². The van der Waals surface area contributed by atoms with E-state index < -0.39 is 21.2 Å². The molecule has 0 amide bonds. The van der Waals surface area contributed by atoms with Gasteiger partial charge >= 0.3 is 22.1 Å². The molecule has 1 N–H and O–H groups in total. The van der Waals surface area contributed by atoms with Crippen LogP contribution in [0.3, 0.4) is 0 Å². The highest BCUT2D eigenvalue weighted by Gasteiger charge is 2.18. The quantitative estimate of drug-likeness (QED) is 0.628. The predicted octanol–water partition coefficient (Wildman–Crippen LogP) is 2.16. The van der Waals surface area contributed by atoms with Gasteiger partial charge in [0.05, 0.1) is 30.6 Å². The van der Waals surface area contributed by atoms with Crippen LogP contribution in [-0.2, 0) is 19.6 Å². The number of ether oxygens (including phenoxy) is 2. The molecular weight excluding hydrogens is 344 g/mol. The van der Waals surface area contributed by atoms with Crippen LogP contribution in [-0.4, -0.2) is 38.1 Å². The number of carbonyl (C=O) groups excluding carboxylic acids is 2. The van der Waals surface area contributed by atoms with E-state index in [0.29, 0.717) is 12.2 Å². The lowest BCUT2D eigenvalue weighted by molar-refractivity contribution is 0.0516. The van der Waals surface area contributed by atoms with Gasteiger partial charge in [0.1, 0.15) is 12.5 Å². The van der Waals surface area contributed by atoms with Gasteiger partial charge in [0.25, 0.3) is 0 Å². The van der Waals surface area contributed by atoms with E-state index >= 15 is 0 Å². The maximum Gasteiger partial charge on any atom is 0.341 e. The molecule has 0 unspecified atom stereocenters. The molecule has 0 saturated carbocycles. The molecule has 2 rings (SSSR count). The van der Waals surface area contributed by atoms with Gasteiger partial charge in [-0.1, -0.05) is 0 Å². The minimum atomic E-state index is -4.40. The average molecular weight is 360 g/mol. The third-order valence-corrected chi connectivity index (χ3v) is 3.10. The summed E-state index contributed by atoms with van der Waals surface area (Å²) in [6.45, 7) is 3.94. The van der Waals surface area contributed by atoms with Gasteiger partial charge in [-0.25, -0.2) is 9.59 Å². The Morgan fingerprint density at radius 2 is 1.67 bits per heavy atom. The highest BCUT2D eigenvalue weighted by molar-refractivity contribution is 7.85. The van der Waals surface area contributed by atoms with E-state index in [1.807, 2.05) is 0 Å². The average Bonchev–Trinajstić information content (AvgIpc) is 3.20. The van der Waals surface area contributed by atoms with Crippen LogP contribution in [0.15, 0.2) is 44.8 Å². The van der Waals surface area contributed by atoms with Crippen LogP contribution in [0, 0.1) is 0 Å². The van der Waals surface area contributed by atoms with Crippen molar-refractivity contribution < 1.29 is 40.9 Å². The van der Waals surface area contributed by atoms with Crippen molar-refractivity contribution in [3.05, 3.63) is 42.0 Å². The van der Waals surface area contributed by atoms with Crippen molar-refractivity contribution in [1.29, 1.82) is 0 Å². The molecule has 2 aromatic rings. The Bertz CT molecular complexity index is 756. The largest absolute Gasteiger partial charge is 0.472 e. The van der Waals surface area contributed by atoms with E-state index in [2.05, 4.69) is 18.3 Å². The van der Waals surface area contributed by atoms with Crippen molar-refractivity contribution in [2.24, 2.45) is 0 Å². The van der Waals surface area contributed by atoms with Crippen molar-refractivity contribution in [1.82, 2.24) is 0 Å². The molecule has 10 heteroatoms. The topological polar surface area (TPSA) is 133 Å². The Morgan fingerprint density at radius 1 is 1.08 bits per heavy atom. The fraction of sp³-hybridized carbons (Fsp3) is 0.286. The summed E-state index contributed by atoms with van der Waals surface area (Å²) in [4.78, 5) is 21.8. The van der Waals surface area contributed by atoms with E-state index in [1.54, 1.807) is 19.9 Å². The predicted molar refractivity (Wildman–Crippen MR) is 79.1 cm³/mol. The SMILES string of the molecule is CCOC(=O)c1ccoc1.CCOC(=O)c1coc(S(=O)(=O)O)c1. The zero-order valence-corrected chi connectivity index (χ0v) is 13.7. The second kappa shape index (κ2) is 8.89. The summed E-state index contributed by atoms with van der Waals surface area (Å²) in [5, 5.41) is -0.680. The molecule has 0 fully saturated rings. The molecule has 0 atom stereocenters. The van der Waals surface area contributed by atoms with Gasteiger partial charge in [-0.3, -0.25) is 4.55 Å². The third-order valence-electron chi connectivity index (χ3n) is 2.37. The first-order valence-electron chi connectivity index (χ1n) is 6.72. The summed E-state index contributed by atoms with van der Waals surface area (Å²) in [5.41, 5.74) is 0.404. The second-order valence-corrected chi connectivity index (χ2v) is 5.43. The Morgan fingerprint density at radius 3 is 2.08 bits per heavy atom. The van der Waals surface area contributed by atoms with Crippen LogP contribution in [0.4, 0.5) is 0 Å². The van der Waals surface area contributed by atoms with E-state index in [1.165, 1.54) is 12.5 Å². The summed E-state index contributed by atoms with van der Waals surface area (Å²) in [6.07, 6.45) is 3.70. The lowest BCUT2D eigenvalue weighted by atomic mass is 10.3. The van der Waals surface area contributed by atoms with Gasteiger partial charge in [-0.05, 0) is 19.9 Å². The van der Waals surface area contributed by atoms with Gasteiger partial charge in [-0.2, -0.15) is 8.42 Å². The molecule has 2 heterocycles. The molecular formula is C14H16O9S. The molecule has 24 heavy (non-hydrogen) atoms. The van der Waals surface area contributed by atoms with E-state index in [9.17, 15) is 18.0 Å². The van der Waals surface area contributed by atoms with E-state index in [-0.39, 0.29) is 18.1 Å². The summed E-state index contributed by atoms with van der Waals surface area (Å²) < 4.78 is 48.0. The highest BCUT2D eigenvalue weighted by atomic mass is 32.2. The van der Waals surface area contributed by atoms with Crippen LogP contribution in [0.25, 0.3) is 0 Å². The number of esters is 2. The van der Waals surface area contributed by atoms with Crippen LogP contribution in [0.1, 0.15) is 34.6 Å². The van der Waals surface area contributed by atoms with E-state index in [0.717, 1.165) is 12.3 Å². The zero-order chi connectivity index (χ0) is 18.2. The summed E-state index contributed by atoms with van der Waals surface area (Å²) in [6, 6.07) is 2.46. The molecule has 0 aromatic carbocycles. The van der Waals surface area contributed by atoms with Gasteiger partial charge in [0, 0.05) is 6.07 Å². The van der Waals surface area contributed by atoms with Crippen molar-refractivity contribution in [2.45, 2.75) is 18.9 Å². The maximum atomic E-state index is 11.0. The standard InChI is InChI=1S/C7H8O6S.C7H8O3/c1-2-12-7(8)5-3-6(13-4-5)14(9,10)11;1-2-10-7(8)6-3-4-9-5-6/h3-4H,2H2,1H3,(H,9,10,11);3-5H,2H2,1H3. The van der Waals surface area contributed by atoms with Crippen molar-refractivity contribution >= 4 is 22.1 Å². The lowest BCUT2D eigenvalue weighted by Crippen LogP contribution is -2.03. The molecule has 0 radical (unpaired) electrons. The molecule has 0 aliphatic rings. The first-order valence-corrected chi connectivity index (χ1v) is 8.16. The Labute approximate surface area is 137 Å². The minimum Gasteiger partial charge on any atom is -0.472 e. The second-order valence-electron chi connectivity index (χ2n) is 4.08. The van der Waals surface area contributed by atoms with Crippen LogP contribution in [0.5, 0.6) is 0 Å². The molecule has 9 nitrogen and oxygen atoms in total. The van der Waals surface area contributed by atoms with Crippen LogP contribution >= 0.6 is 0 Å². The number of hydrogen-bond acceptors (Lipinski definition) is 8. The fourth-order valence-corrected chi connectivity index (χ4v) is 1.81.